The third-order valence-electron chi connectivity index (χ3n) is 6.09. The molecule has 0 saturated heterocycles. The number of aliphatic hydroxyl groups is 1. The number of aliphatic hydroxyl groups excluding tert-OH is 1. The third-order valence-corrected chi connectivity index (χ3v) is 6.09. The van der Waals surface area contributed by atoms with Gasteiger partial charge in [0.2, 0.25) is 11.8 Å². The van der Waals surface area contributed by atoms with E-state index in [0.29, 0.717) is 19.4 Å². The van der Waals surface area contributed by atoms with Crippen LogP contribution in [-0.4, -0.2) is 53.6 Å². The molecule has 1 heterocycles. The van der Waals surface area contributed by atoms with Crippen molar-refractivity contribution in [3.05, 3.63) is 48.0 Å². The fraction of sp³-hybridized carbons (Fsp3) is 0.593. The molecule has 0 bridgehead atoms. The lowest BCUT2D eigenvalue weighted by molar-refractivity contribution is -0.146. The first-order valence-electron chi connectivity index (χ1n) is 12.2. The number of carbonyl (C=O) groups excluding carboxylic acids is 3. The highest BCUT2D eigenvalue weighted by Gasteiger charge is 2.31. The number of ether oxygens (including phenoxy) is 1. The summed E-state index contributed by atoms with van der Waals surface area (Å²) in [6.07, 6.45) is 7.27. The first-order chi connectivity index (χ1) is 16.2. The molecular formula is C27H40N2O5. The van der Waals surface area contributed by atoms with Gasteiger partial charge in [-0.25, -0.2) is 0 Å². The summed E-state index contributed by atoms with van der Waals surface area (Å²) in [4.78, 5) is 40.2. The molecule has 0 saturated carbocycles. The first-order valence-corrected chi connectivity index (χ1v) is 12.2. The zero-order valence-corrected chi connectivity index (χ0v) is 20.8. The van der Waals surface area contributed by atoms with Gasteiger partial charge in [0.05, 0.1) is 18.6 Å². The minimum Gasteiger partial charge on any atom is -0.463 e. The SMILES string of the molecule is CC(C)(C)[C@H]1COC(=O)CCCC/C=C\C[C@H](CC(=O)N(CCO)Cc2ccccc2)C(=O)N1. The number of esters is 1. The number of hydrogen-bond donors (Lipinski definition) is 2. The molecular weight excluding hydrogens is 432 g/mol. The highest BCUT2D eigenvalue weighted by molar-refractivity contribution is 5.86. The molecule has 2 N–H and O–H groups in total. The monoisotopic (exact) mass is 472 g/mol. The molecule has 1 aromatic rings. The summed E-state index contributed by atoms with van der Waals surface area (Å²) >= 11 is 0. The molecule has 1 aromatic carbocycles. The van der Waals surface area contributed by atoms with Crippen molar-refractivity contribution < 1.29 is 24.2 Å². The fourth-order valence-corrected chi connectivity index (χ4v) is 3.80. The van der Waals surface area contributed by atoms with Crippen LogP contribution in [0.3, 0.4) is 0 Å². The van der Waals surface area contributed by atoms with Crippen LogP contribution in [-0.2, 0) is 25.7 Å². The molecule has 0 fully saturated rings. The Labute approximate surface area is 203 Å². The van der Waals surface area contributed by atoms with Crippen LogP contribution in [0.5, 0.6) is 0 Å². The number of cyclic esters (lactones) is 1. The Kier molecular flexibility index (Phi) is 11.3. The van der Waals surface area contributed by atoms with E-state index >= 15 is 0 Å². The van der Waals surface area contributed by atoms with Gasteiger partial charge in [-0.15, -0.1) is 0 Å². The van der Waals surface area contributed by atoms with E-state index < -0.39 is 5.92 Å². The standard InChI is InChI=1S/C27H40N2O5/c1-27(2,3)23-20-34-25(32)15-11-6-4-5-10-14-22(26(33)28-23)18-24(31)29(16-17-30)19-21-12-8-7-9-13-21/h5,7-10,12-13,22-23,30H,4,6,11,14-20H2,1-3H3,(H,28,33)/b10-5-/t22-,23-/m1/s1. The second kappa shape index (κ2) is 13.9. The lowest BCUT2D eigenvalue weighted by atomic mass is 9.86. The van der Waals surface area contributed by atoms with E-state index in [0.717, 1.165) is 24.8 Å². The van der Waals surface area contributed by atoms with Crippen molar-refractivity contribution in [3.63, 3.8) is 0 Å². The van der Waals surface area contributed by atoms with Crippen LogP contribution in [0.2, 0.25) is 0 Å². The van der Waals surface area contributed by atoms with Crippen LogP contribution in [0.4, 0.5) is 0 Å². The van der Waals surface area contributed by atoms with E-state index in [2.05, 4.69) is 5.32 Å². The fourth-order valence-electron chi connectivity index (χ4n) is 3.80. The number of carbonyl (C=O) groups is 3. The average molecular weight is 473 g/mol. The van der Waals surface area contributed by atoms with E-state index in [9.17, 15) is 19.5 Å². The van der Waals surface area contributed by atoms with Crippen LogP contribution in [0.25, 0.3) is 0 Å². The van der Waals surface area contributed by atoms with Crippen LogP contribution >= 0.6 is 0 Å². The lowest BCUT2D eigenvalue weighted by Gasteiger charge is -2.32. The molecule has 1 aliphatic rings. The number of nitrogens with zero attached hydrogens (tertiary/aromatic N) is 1. The minimum atomic E-state index is -0.552. The van der Waals surface area contributed by atoms with Crippen molar-refractivity contribution in [2.45, 2.75) is 71.9 Å². The van der Waals surface area contributed by atoms with Gasteiger partial charge in [0.25, 0.3) is 0 Å². The Bertz CT molecular complexity index is 816. The molecule has 34 heavy (non-hydrogen) atoms. The molecule has 1 aliphatic heterocycles. The summed E-state index contributed by atoms with van der Waals surface area (Å²) in [5.74, 6) is -1.21. The number of benzene rings is 1. The van der Waals surface area contributed by atoms with E-state index in [1.165, 1.54) is 0 Å². The van der Waals surface area contributed by atoms with Crippen LogP contribution in [0.1, 0.15) is 64.9 Å². The van der Waals surface area contributed by atoms with Gasteiger partial charge in [-0.2, -0.15) is 0 Å². The normalized spacial score (nSPS) is 21.6. The molecule has 0 spiro atoms. The van der Waals surface area contributed by atoms with Crippen LogP contribution in [0, 0.1) is 11.3 Å². The Balaban J connectivity index is 2.18. The summed E-state index contributed by atoms with van der Waals surface area (Å²) in [7, 11) is 0. The molecule has 2 amide bonds. The van der Waals surface area contributed by atoms with Crippen molar-refractivity contribution >= 4 is 17.8 Å². The molecule has 2 rings (SSSR count). The van der Waals surface area contributed by atoms with E-state index in [1.54, 1.807) is 4.90 Å². The van der Waals surface area contributed by atoms with Gasteiger partial charge in [0.1, 0.15) is 6.61 Å². The Morgan fingerprint density at radius 2 is 1.88 bits per heavy atom. The second-order valence-electron chi connectivity index (χ2n) is 9.99. The Hall–Kier alpha value is -2.67. The molecule has 0 aromatic heterocycles. The predicted octanol–water partition coefficient (Wildman–Crippen LogP) is 3.61. The van der Waals surface area contributed by atoms with Gasteiger partial charge < -0.3 is 20.1 Å². The molecule has 0 aliphatic carbocycles. The first kappa shape index (κ1) is 27.6. The molecule has 2 atom stereocenters. The molecule has 0 radical (unpaired) electrons. The molecule has 0 unspecified atom stereocenters. The summed E-state index contributed by atoms with van der Waals surface area (Å²) in [6, 6.07) is 9.23. The molecule has 188 valence electrons. The van der Waals surface area contributed by atoms with E-state index in [1.807, 2.05) is 63.3 Å². The van der Waals surface area contributed by atoms with Gasteiger partial charge >= 0.3 is 5.97 Å². The van der Waals surface area contributed by atoms with Crippen LogP contribution in [0.15, 0.2) is 42.5 Å². The number of nitrogens with one attached hydrogen (secondary N) is 1. The maximum absolute atomic E-state index is 13.3. The topological polar surface area (TPSA) is 95.9 Å². The highest BCUT2D eigenvalue weighted by Crippen LogP contribution is 2.22. The number of amides is 2. The van der Waals surface area contributed by atoms with Gasteiger partial charge in [-0.3, -0.25) is 14.4 Å². The van der Waals surface area contributed by atoms with Gasteiger partial charge in [0.15, 0.2) is 0 Å². The van der Waals surface area contributed by atoms with Gasteiger partial charge in [-0.05, 0) is 36.7 Å². The summed E-state index contributed by atoms with van der Waals surface area (Å²) < 4.78 is 5.45. The largest absolute Gasteiger partial charge is 0.463 e. The average Bonchev–Trinajstić information content (AvgIpc) is 2.79. The van der Waals surface area contributed by atoms with Gasteiger partial charge in [0, 0.05) is 25.9 Å². The van der Waals surface area contributed by atoms with Gasteiger partial charge in [-0.1, -0.05) is 63.3 Å². The number of hydrogen-bond acceptors (Lipinski definition) is 5. The smallest absolute Gasteiger partial charge is 0.305 e. The van der Waals surface area contributed by atoms with E-state index in [4.69, 9.17) is 4.74 Å². The Morgan fingerprint density at radius 3 is 2.56 bits per heavy atom. The molecule has 7 nitrogen and oxygen atoms in total. The molecule has 7 heteroatoms. The predicted molar refractivity (Wildman–Crippen MR) is 132 cm³/mol. The van der Waals surface area contributed by atoms with Crippen molar-refractivity contribution in [2.24, 2.45) is 11.3 Å². The maximum atomic E-state index is 13.3. The van der Waals surface area contributed by atoms with E-state index in [-0.39, 0.29) is 55.4 Å². The van der Waals surface area contributed by atoms with Crippen LogP contribution < -0.4 is 5.32 Å². The maximum Gasteiger partial charge on any atom is 0.305 e. The minimum absolute atomic E-state index is 0.0413. The van der Waals surface area contributed by atoms with Crippen molar-refractivity contribution in [3.8, 4) is 0 Å². The second-order valence-corrected chi connectivity index (χ2v) is 9.99. The van der Waals surface area contributed by atoms with Crippen molar-refractivity contribution in [1.82, 2.24) is 10.2 Å². The van der Waals surface area contributed by atoms with Crippen molar-refractivity contribution in [2.75, 3.05) is 19.8 Å². The highest BCUT2D eigenvalue weighted by atomic mass is 16.5. The Morgan fingerprint density at radius 1 is 1.15 bits per heavy atom. The summed E-state index contributed by atoms with van der Waals surface area (Å²) in [5, 5.41) is 12.5. The summed E-state index contributed by atoms with van der Waals surface area (Å²) in [6.45, 7) is 6.50. The zero-order chi connectivity index (χ0) is 25.0. The lowest BCUT2D eigenvalue weighted by Crippen LogP contribution is -2.49. The third kappa shape index (κ3) is 9.67. The number of allylic oxidation sites excluding steroid dienone is 2. The quantitative estimate of drug-likeness (QED) is 0.487. The van der Waals surface area contributed by atoms with Crippen molar-refractivity contribution in [1.29, 1.82) is 0 Å². The zero-order valence-electron chi connectivity index (χ0n) is 20.8. The summed E-state index contributed by atoms with van der Waals surface area (Å²) in [5.41, 5.74) is 0.641. The number of rotatable bonds is 6.